The van der Waals surface area contributed by atoms with E-state index in [0.717, 1.165) is 16.4 Å². The predicted octanol–water partition coefficient (Wildman–Crippen LogP) is 1.90. The highest BCUT2D eigenvalue weighted by atomic mass is 127. The van der Waals surface area contributed by atoms with Crippen molar-refractivity contribution in [2.24, 2.45) is 5.92 Å². The van der Waals surface area contributed by atoms with Crippen LogP contribution in [0.1, 0.15) is 23.2 Å². The molecular formula is C14H16INO4. The van der Waals surface area contributed by atoms with E-state index in [0.29, 0.717) is 18.8 Å². The van der Waals surface area contributed by atoms with Crippen molar-refractivity contribution in [1.29, 1.82) is 0 Å². The number of hydrogen-bond acceptors (Lipinski definition) is 3. The minimum absolute atomic E-state index is 0.172. The van der Waals surface area contributed by atoms with Crippen molar-refractivity contribution >= 4 is 34.5 Å². The van der Waals surface area contributed by atoms with Gasteiger partial charge in [0.1, 0.15) is 6.04 Å². The third-order valence-electron chi connectivity index (χ3n) is 3.33. The Balaban J connectivity index is 2.05. The van der Waals surface area contributed by atoms with Crippen molar-refractivity contribution in [3.63, 3.8) is 0 Å². The van der Waals surface area contributed by atoms with Crippen LogP contribution in [0.3, 0.4) is 0 Å². The summed E-state index contributed by atoms with van der Waals surface area (Å²) in [4.78, 5) is 23.4. The predicted molar refractivity (Wildman–Crippen MR) is 81.6 cm³/mol. The van der Waals surface area contributed by atoms with E-state index in [-0.39, 0.29) is 11.8 Å². The average Bonchev–Trinajstić information content (AvgIpc) is 2.46. The van der Waals surface area contributed by atoms with Gasteiger partial charge in [-0.3, -0.25) is 4.79 Å². The van der Waals surface area contributed by atoms with E-state index in [2.05, 4.69) is 27.9 Å². The van der Waals surface area contributed by atoms with Crippen molar-refractivity contribution in [3.8, 4) is 0 Å². The Labute approximate surface area is 130 Å². The summed E-state index contributed by atoms with van der Waals surface area (Å²) in [6, 6.07) is 6.10. The average molecular weight is 389 g/mol. The molecule has 1 fully saturated rings. The number of aliphatic carboxylic acids is 1. The van der Waals surface area contributed by atoms with Crippen LogP contribution in [0.25, 0.3) is 0 Å². The number of ether oxygens (including phenoxy) is 1. The summed E-state index contributed by atoms with van der Waals surface area (Å²) in [5.41, 5.74) is 0.466. The number of carbonyl (C=O) groups excluding carboxylic acids is 1. The molecule has 0 aromatic heterocycles. The molecule has 0 aliphatic carbocycles. The SMILES string of the molecule is O=C(NC(C(=O)O)C1CCCOC1)c1ccc(I)cc1. The molecule has 0 saturated carbocycles. The van der Waals surface area contributed by atoms with E-state index in [1.165, 1.54) is 0 Å². The first-order valence-electron chi connectivity index (χ1n) is 6.45. The number of carboxylic acid groups (broad SMARTS) is 1. The Kier molecular flexibility index (Phi) is 5.36. The molecule has 108 valence electrons. The van der Waals surface area contributed by atoms with Gasteiger partial charge in [-0.1, -0.05) is 0 Å². The quantitative estimate of drug-likeness (QED) is 0.772. The topological polar surface area (TPSA) is 75.6 Å². The van der Waals surface area contributed by atoms with Gasteiger partial charge in [0.15, 0.2) is 0 Å². The van der Waals surface area contributed by atoms with Crippen LogP contribution >= 0.6 is 22.6 Å². The van der Waals surface area contributed by atoms with E-state index >= 15 is 0 Å². The highest BCUT2D eigenvalue weighted by Gasteiger charge is 2.31. The molecular weight excluding hydrogens is 373 g/mol. The Hall–Kier alpha value is -1.15. The van der Waals surface area contributed by atoms with Gasteiger partial charge in [-0.25, -0.2) is 4.79 Å². The Morgan fingerprint density at radius 2 is 2.05 bits per heavy atom. The van der Waals surface area contributed by atoms with Crippen molar-refractivity contribution in [2.45, 2.75) is 18.9 Å². The fourth-order valence-corrected chi connectivity index (χ4v) is 2.60. The van der Waals surface area contributed by atoms with E-state index in [4.69, 9.17) is 4.74 Å². The van der Waals surface area contributed by atoms with E-state index in [9.17, 15) is 14.7 Å². The van der Waals surface area contributed by atoms with Gasteiger partial charge in [0.05, 0.1) is 6.61 Å². The van der Waals surface area contributed by atoms with Crippen LogP contribution in [0.15, 0.2) is 24.3 Å². The molecule has 1 aromatic rings. The summed E-state index contributed by atoms with van der Waals surface area (Å²) in [7, 11) is 0. The number of amides is 1. The van der Waals surface area contributed by atoms with Crippen molar-refractivity contribution in [2.75, 3.05) is 13.2 Å². The molecule has 2 rings (SSSR count). The zero-order valence-corrected chi connectivity index (χ0v) is 13.0. The first-order valence-corrected chi connectivity index (χ1v) is 7.53. The number of hydrogen-bond donors (Lipinski definition) is 2. The molecule has 1 aliphatic rings. The number of carbonyl (C=O) groups is 2. The molecule has 5 nitrogen and oxygen atoms in total. The first-order chi connectivity index (χ1) is 9.58. The molecule has 1 aromatic carbocycles. The molecule has 6 heteroatoms. The number of rotatable bonds is 4. The lowest BCUT2D eigenvalue weighted by Crippen LogP contribution is -2.48. The van der Waals surface area contributed by atoms with Crippen LogP contribution in [0.2, 0.25) is 0 Å². The molecule has 0 bridgehead atoms. The Morgan fingerprint density at radius 1 is 1.35 bits per heavy atom. The second kappa shape index (κ2) is 7.03. The van der Waals surface area contributed by atoms with Crippen molar-refractivity contribution in [3.05, 3.63) is 33.4 Å². The number of halogens is 1. The molecule has 1 saturated heterocycles. The minimum Gasteiger partial charge on any atom is -0.480 e. The summed E-state index contributed by atoms with van der Waals surface area (Å²) in [5, 5.41) is 11.9. The summed E-state index contributed by atoms with van der Waals surface area (Å²) in [6.07, 6.45) is 1.58. The molecule has 20 heavy (non-hydrogen) atoms. The molecule has 2 unspecified atom stereocenters. The third-order valence-corrected chi connectivity index (χ3v) is 4.05. The number of nitrogens with one attached hydrogen (secondary N) is 1. The van der Waals surface area contributed by atoms with Crippen LogP contribution in [-0.2, 0) is 9.53 Å². The van der Waals surface area contributed by atoms with Crippen molar-refractivity contribution in [1.82, 2.24) is 5.32 Å². The van der Waals surface area contributed by atoms with Gasteiger partial charge in [0, 0.05) is 21.7 Å². The molecule has 2 atom stereocenters. The largest absolute Gasteiger partial charge is 0.480 e. The standard InChI is InChI=1S/C14H16INO4/c15-11-5-3-9(4-6-11)13(17)16-12(14(18)19)10-2-1-7-20-8-10/h3-6,10,12H,1-2,7-8H2,(H,16,17)(H,18,19). The minimum atomic E-state index is -1.01. The van der Waals surface area contributed by atoms with Crippen molar-refractivity contribution < 1.29 is 19.4 Å². The van der Waals surface area contributed by atoms with Crippen LogP contribution in [0.5, 0.6) is 0 Å². The van der Waals surface area contributed by atoms with Crippen LogP contribution in [0, 0.1) is 9.49 Å². The fraction of sp³-hybridized carbons (Fsp3) is 0.429. The van der Waals surface area contributed by atoms with E-state index in [1.54, 1.807) is 12.1 Å². The smallest absolute Gasteiger partial charge is 0.326 e. The number of benzene rings is 1. The van der Waals surface area contributed by atoms with Gasteiger partial charge in [0.2, 0.25) is 0 Å². The van der Waals surface area contributed by atoms with Gasteiger partial charge in [-0.2, -0.15) is 0 Å². The number of carboxylic acids is 1. The van der Waals surface area contributed by atoms with Gasteiger partial charge in [-0.05, 0) is 59.7 Å². The van der Waals surface area contributed by atoms with Gasteiger partial charge < -0.3 is 15.2 Å². The summed E-state index contributed by atoms with van der Waals surface area (Å²) >= 11 is 2.15. The van der Waals surface area contributed by atoms with E-state index in [1.807, 2.05) is 12.1 Å². The van der Waals surface area contributed by atoms with Crippen LogP contribution < -0.4 is 5.32 Å². The monoisotopic (exact) mass is 389 g/mol. The Bertz CT molecular complexity index is 482. The molecule has 0 spiro atoms. The molecule has 2 N–H and O–H groups in total. The third kappa shape index (κ3) is 3.92. The lowest BCUT2D eigenvalue weighted by atomic mass is 9.93. The lowest BCUT2D eigenvalue weighted by Gasteiger charge is -2.28. The fourth-order valence-electron chi connectivity index (χ4n) is 2.24. The van der Waals surface area contributed by atoms with Gasteiger partial charge in [0.25, 0.3) is 5.91 Å². The first kappa shape index (κ1) is 15.2. The summed E-state index contributed by atoms with van der Waals surface area (Å²) < 4.78 is 6.32. The zero-order valence-electron chi connectivity index (χ0n) is 10.8. The normalized spacial score (nSPS) is 20.1. The molecule has 1 aliphatic heterocycles. The molecule has 1 amide bonds. The molecule has 0 radical (unpaired) electrons. The zero-order chi connectivity index (χ0) is 14.5. The highest BCUT2D eigenvalue weighted by molar-refractivity contribution is 14.1. The summed E-state index contributed by atoms with van der Waals surface area (Å²) in [6.45, 7) is 1.04. The molecule has 1 heterocycles. The second-order valence-corrected chi connectivity index (χ2v) is 6.02. The Morgan fingerprint density at radius 3 is 2.60 bits per heavy atom. The maximum absolute atomic E-state index is 12.1. The maximum atomic E-state index is 12.1. The van der Waals surface area contributed by atoms with Gasteiger partial charge in [-0.15, -0.1) is 0 Å². The van der Waals surface area contributed by atoms with Crippen LogP contribution in [0.4, 0.5) is 0 Å². The summed E-state index contributed by atoms with van der Waals surface area (Å²) in [5.74, 6) is -1.55. The second-order valence-electron chi connectivity index (χ2n) is 4.77. The highest BCUT2D eigenvalue weighted by Crippen LogP contribution is 2.18. The van der Waals surface area contributed by atoms with Gasteiger partial charge >= 0.3 is 5.97 Å². The maximum Gasteiger partial charge on any atom is 0.326 e. The van der Waals surface area contributed by atoms with Crippen LogP contribution in [-0.4, -0.2) is 36.2 Å². The lowest BCUT2D eigenvalue weighted by molar-refractivity contribution is -0.142. The van der Waals surface area contributed by atoms with E-state index < -0.39 is 12.0 Å².